The Kier molecular flexibility index (Phi) is 5.51. The summed E-state index contributed by atoms with van der Waals surface area (Å²) in [5.41, 5.74) is 0. The molecule has 3 nitrogen and oxygen atoms in total. The van der Waals surface area contributed by atoms with Crippen LogP contribution in [0.5, 0.6) is 0 Å². The molecule has 0 saturated carbocycles. The van der Waals surface area contributed by atoms with Gasteiger partial charge in [-0.25, -0.2) is 4.79 Å². The van der Waals surface area contributed by atoms with Crippen LogP contribution in [-0.4, -0.2) is 18.2 Å². The van der Waals surface area contributed by atoms with E-state index in [9.17, 15) is 4.79 Å². The summed E-state index contributed by atoms with van der Waals surface area (Å²) in [6.45, 7) is 9.90. The van der Waals surface area contributed by atoms with Crippen LogP contribution in [0.15, 0.2) is 0 Å². The van der Waals surface area contributed by atoms with Crippen LogP contribution in [0, 0.1) is 5.92 Å². The highest BCUT2D eigenvalue weighted by atomic mass is 16.6. The highest BCUT2D eigenvalue weighted by Crippen LogP contribution is 2.06. The molecule has 0 rings (SSSR count). The summed E-state index contributed by atoms with van der Waals surface area (Å²) in [7, 11) is 0. The third kappa shape index (κ3) is 5.50. The Bertz CT molecular complexity index is 157. The van der Waals surface area contributed by atoms with Crippen molar-refractivity contribution in [3.8, 4) is 0 Å². The van der Waals surface area contributed by atoms with Crippen LogP contribution in [0.25, 0.3) is 0 Å². The maximum absolute atomic E-state index is 11.2. The Hall–Kier alpha value is -0.730. The smallest absolute Gasteiger partial charge is 0.407 e. The molecule has 1 amide bonds. The monoisotopic (exact) mass is 187 g/mol. The third-order valence-electron chi connectivity index (χ3n) is 2.19. The van der Waals surface area contributed by atoms with Crippen LogP contribution in [0.1, 0.15) is 41.0 Å². The first kappa shape index (κ1) is 12.3. The lowest BCUT2D eigenvalue weighted by Crippen LogP contribution is -2.38. The van der Waals surface area contributed by atoms with Crippen molar-refractivity contribution in [1.82, 2.24) is 5.32 Å². The Balaban J connectivity index is 3.77. The number of hydrogen-bond donors (Lipinski definition) is 1. The first-order chi connectivity index (χ1) is 5.97. The molecule has 0 radical (unpaired) electrons. The van der Waals surface area contributed by atoms with Gasteiger partial charge in [0.25, 0.3) is 0 Å². The molecule has 0 fully saturated rings. The minimum atomic E-state index is -0.317. The number of nitrogens with one attached hydrogen (secondary N) is 1. The van der Waals surface area contributed by atoms with Crippen LogP contribution in [-0.2, 0) is 4.74 Å². The summed E-state index contributed by atoms with van der Waals surface area (Å²) >= 11 is 0. The Morgan fingerprint density at radius 1 is 1.31 bits per heavy atom. The standard InChI is InChI=1S/C10H21NO2/c1-6-8(4)9(5)11-10(12)13-7(2)3/h7-9H,6H2,1-5H3,(H,11,12). The van der Waals surface area contributed by atoms with Gasteiger partial charge < -0.3 is 10.1 Å². The van der Waals surface area contributed by atoms with Crippen LogP contribution in [0.2, 0.25) is 0 Å². The van der Waals surface area contributed by atoms with Gasteiger partial charge in [-0.2, -0.15) is 0 Å². The number of rotatable bonds is 4. The second-order valence-electron chi connectivity index (χ2n) is 3.77. The molecule has 1 N–H and O–H groups in total. The van der Waals surface area contributed by atoms with Gasteiger partial charge in [0.05, 0.1) is 6.10 Å². The highest BCUT2D eigenvalue weighted by Gasteiger charge is 2.14. The van der Waals surface area contributed by atoms with Crippen molar-refractivity contribution in [2.45, 2.75) is 53.2 Å². The molecule has 0 heterocycles. The summed E-state index contributed by atoms with van der Waals surface area (Å²) in [6.07, 6.45) is 0.690. The summed E-state index contributed by atoms with van der Waals surface area (Å²) in [4.78, 5) is 11.2. The minimum absolute atomic E-state index is 0.0517. The number of carbonyl (C=O) groups is 1. The zero-order valence-corrected chi connectivity index (χ0v) is 9.26. The van der Waals surface area contributed by atoms with E-state index in [0.29, 0.717) is 5.92 Å². The van der Waals surface area contributed by atoms with Crippen molar-refractivity contribution in [3.05, 3.63) is 0 Å². The molecule has 2 atom stereocenters. The van der Waals surface area contributed by atoms with E-state index < -0.39 is 0 Å². The third-order valence-corrected chi connectivity index (χ3v) is 2.19. The fourth-order valence-corrected chi connectivity index (χ4v) is 0.930. The average Bonchev–Trinajstić information content (AvgIpc) is 2.01. The van der Waals surface area contributed by atoms with E-state index in [-0.39, 0.29) is 18.2 Å². The van der Waals surface area contributed by atoms with Gasteiger partial charge in [0.2, 0.25) is 0 Å². The predicted octanol–water partition coefficient (Wildman–Crippen LogP) is 2.56. The molecule has 0 bridgehead atoms. The lowest BCUT2D eigenvalue weighted by molar-refractivity contribution is 0.110. The van der Waals surface area contributed by atoms with E-state index in [2.05, 4.69) is 19.2 Å². The van der Waals surface area contributed by atoms with E-state index in [4.69, 9.17) is 4.74 Å². The van der Waals surface area contributed by atoms with Crippen molar-refractivity contribution < 1.29 is 9.53 Å². The quantitative estimate of drug-likeness (QED) is 0.734. The van der Waals surface area contributed by atoms with Gasteiger partial charge in [0.15, 0.2) is 0 Å². The Morgan fingerprint density at radius 3 is 2.23 bits per heavy atom. The molecule has 0 aliphatic carbocycles. The zero-order chi connectivity index (χ0) is 10.4. The van der Waals surface area contributed by atoms with Gasteiger partial charge in [-0.15, -0.1) is 0 Å². The average molecular weight is 187 g/mol. The number of hydrogen-bond acceptors (Lipinski definition) is 2. The SMILES string of the molecule is CCC(C)C(C)NC(=O)OC(C)C. The summed E-state index contributed by atoms with van der Waals surface area (Å²) < 4.78 is 4.97. The van der Waals surface area contributed by atoms with E-state index in [1.165, 1.54) is 0 Å². The van der Waals surface area contributed by atoms with E-state index >= 15 is 0 Å². The fourth-order valence-electron chi connectivity index (χ4n) is 0.930. The van der Waals surface area contributed by atoms with E-state index in [0.717, 1.165) is 6.42 Å². The number of alkyl carbamates (subject to hydrolysis) is 1. The highest BCUT2D eigenvalue weighted by molar-refractivity contribution is 5.67. The number of amides is 1. The van der Waals surface area contributed by atoms with Crippen molar-refractivity contribution in [2.75, 3.05) is 0 Å². The normalized spacial score (nSPS) is 15.2. The first-order valence-corrected chi connectivity index (χ1v) is 4.94. The lowest BCUT2D eigenvalue weighted by atomic mass is 10.0. The van der Waals surface area contributed by atoms with Gasteiger partial charge in [-0.05, 0) is 26.7 Å². The Morgan fingerprint density at radius 2 is 1.85 bits per heavy atom. The van der Waals surface area contributed by atoms with Gasteiger partial charge in [0, 0.05) is 6.04 Å². The van der Waals surface area contributed by atoms with Crippen molar-refractivity contribution in [3.63, 3.8) is 0 Å². The molecule has 3 heteroatoms. The van der Waals surface area contributed by atoms with Gasteiger partial charge in [-0.1, -0.05) is 20.3 Å². The number of carbonyl (C=O) groups excluding carboxylic acids is 1. The molecule has 0 spiro atoms. The Labute approximate surface area is 80.8 Å². The van der Waals surface area contributed by atoms with E-state index in [1.807, 2.05) is 20.8 Å². The molecule has 78 valence electrons. The van der Waals surface area contributed by atoms with Crippen molar-refractivity contribution in [2.24, 2.45) is 5.92 Å². The van der Waals surface area contributed by atoms with Crippen LogP contribution in [0.3, 0.4) is 0 Å². The molecule has 0 aromatic carbocycles. The van der Waals surface area contributed by atoms with Crippen LogP contribution < -0.4 is 5.32 Å². The molecular weight excluding hydrogens is 166 g/mol. The van der Waals surface area contributed by atoms with Crippen molar-refractivity contribution in [1.29, 1.82) is 0 Å². The molecule has 13 heavy (non-hydrogen) atoms. The van der Waals surface area contributed by atoms with Gasteiger partial charge in [0.1, 0.15) is 0 Å². The van der Waals surface area contributed by atoms with Gasteiger partial charge >= 0.3 is 6.09 Å². The predicted molar refractivity (Wildman–Crippen MR) is 53.7 cm³/mol. The maximum Gasteiger partial charge on any atom is 0.407 e. The van der Waals surface area contributed by atoms with Gasteiger partial charge in [-0.3, -0.25) is 0 Å². The molecule has 0 aliphatic rings. The first-order valence-electron chi connectivity index (χ1n) is 4.94. The second kappa shape index (κ2) is 5.84. The summed E-state index contributed by atoms with van der Waals surface area (Å²) in [5, 5.41) is 2.80. The molecule has 0 aliphatic heterocycles. The largest absolute Gasteiger partial charge is 0.447 e. The maximum atomic E-state index is 11.2. The summed E-state index contributed by atoms with van der Waals surface area (Å²) in [5.74, 6) is 0.486. The molecule has 2 unspecified atom stereocenters. The topological polar surface area (TPSA) is 38.3 Å². The minimum Gasteiger partial charge on any atom is -0.447 e. The lowest BCUT2D eigenvalue weighted by Gasteiger charge is -2.20. The molecular formula is C10H21NO2. The van der Waals surface area contributed by atoms with E-state index in [1.54, 1.807) is 0 Å². The zero-order valence-electron chi connectivity index (χ0n) is 9.26. The van der Waals surface area contributed by atoms with Crippen LogP contribution in [0.4, 0.5) is 4.79 Å². The molecule has 0 saturated heterocycles. The van der Waals surface area contributed by atoms with Crippen molar-refractivity contribution >= 4 is 6.09 Å². The van der Waals surface area contributed by atoms with Crippen LogP contribution >= 0.6 is 0 Å². The fraction of sp³-hybridized carbons (Fsp3) is 0.900. The number of ether oxygens (including phenoxy) is 1. The molecule has 0 aromatic rings. The second-order valence-corrected chi connectivity index (χ2v) is 3.77. The molecule has 0 aromatic heterocycles. The summed E-state index contributed by atoms with van der Waals surface area (Å²) in [6, 6.07) is 0.177.